The smallest absolute Gasteiger partial charge is 0.153 e. The lowest BCUT2D eigenvalue weighted by Gasteiger charge is -2.14. The van der Waals surface area contributed by atoms with Crippen LogP contribution in [0.25, 0.3) is 0 Å². The van der Waals surface area contributed by atoms with E-state index < -0.39 is 0 Å². The lowest BCUT2D eigenvalue weighted by Crippen LogP contribution is -2.09. The van der Waals surface area contributed by atoms with Crippen LogP contribution in [0.5, 0.6) is 0 Å². The van der Waals surface area contributed by atoms with Gasteiger partial charge in [-0.05, 0) is 12.1 Å². The molecule has 0 aliphatic rings. The Balaban J connectivity index is 2.32. The van der Waals surface area contributed by atoms with Crippen LogP contribution in [-0.4, -0.2) is 17.0 Å². The number of rotatable bonds is 2. The van der Waals surface area contributed by atoms with Gasteiger partial charge in [-0.25, -0.2) is 4.98 Å². The van der Waals surface area contributed by atoms with Crippen molar-refractivity contribution in [2.24, 2.45) is 0 Å². The zero-order valence-electron chi connectivity index (χ0n) is 7.82. The molecule has 0 amide bonds. The highest BCUT2D eigenvalue weighted by atomic mass is 35.5. The fourth-order valence-corrected chi connectivity index (χ4v) is 2.24. The summed E-state index contributed by atoms with van der Waals surface area (Å²) in [4.78, 5) is 10.0. The van der Waals surface area contributed by atoms with Gasteiger partial charge in [0, 0.05) is 7.05 Å². The van der Waals surface area contributed by atoms with Gasteiger partial charge < -0.3 is 4.90 Å². The van der Waals surface area contributed by atoms with Crippen LogP contribution >= 0.6 is 34.5 Å². The molecule has 2 heterocycles. The van der Waals surface area contributed by atoms with E-state index in [9.17, 15) is 0 Å². The lowest BCUT2D eigenvalue weighted by molar-refractivity contribution is 1.10. The number of hydrogen-bond donors (Lipinski definition) is 0. The van der Waals surface area contributed by atoms with E-state index in [2.05, 4.69) is 9.97 Å². The van der Waals surface area contributed by atoms with E-state index in [0.29, 0.717) is 11.0 Å². The van der Waals surface area contributed by atoms with E-state index in [1.807, 2.05) is 24.1 Å². The monoisotopic (exact) mass is 259 g/mol. The largest absolute Gasteiger partial charge is 0.320 e. The summed E-state index contributed by atoms with van der Waals surface area (Å²) in [6.07, 6.45) is 3.15. The molecule has 0 spiro atoms. The Bertz CT molecular complexity index is 472. The molecule has 15 heavy (non-hydrogen) atoms. The molecule has 0 atom stereocenters. The van der Waals surface area contributed by atoms with Crippen LogP contribution in [-0.2, 0) is 0 Å². The average Bonchev–Trinajstić information content (AvgIpc) is 2.64. The Hall–Kier alpha value is -0.840. The molecular weight excluding hydrogens is 253 g/mol. The number of anilines is 2. The van der Waals surface area contributed by atoms with E-state index >= 15 is 0 Å². The second-order valence-corrected chi connectivity index (χ2v) is 4.92. The van der Waals surface area contributed by atoms with Gasteiger partial charge in [-0.2, -0.15) is 0 Å². The summed E-state index contributed by atoms with van der Waals surface area (Å²) in [7, 11) is 1.89. The van der Waals surface area contributed by atoms with E-state index in [1.54, 1.807) is 6.20 Å². The molecule has 0 radical (unpaired) electrons. The van der Waals surface area contributed by atoms with Gasteiger partial charge in [-0.3, -0.25) is 4.98 Å². The lowest BCUT2D eigenvalue weighted by atomic mass is 10.5. The van der Waals surface area contributed by atoms with Crippen LogP contribution in [0.1, 0.15) is 0 Å². The normalized spacial score (nSPS) is 10.3. The molecular formula is C9H7Cl2N3S. The van der Waals surface area contributed by atoms with Gasteiger partial charge in [0.15, 0.2) is 5.82 Å². The van der Waals surface area contributed by atoms with E-state index in [1.165, 1.54) is 17.5 Å². The Labute approximate surface area is 101 Å². The molecule has 2 aromatic heterocycles. The second kappa shape index (κ2) is 4.35. The van der Waals surface area contributed by atoms with Gasteiger partial charge in [-0.15, -0.1) is 11.3 Å². The van der Waals surface area contributed by atoms with E-state index in [0.717, 1.165) is 9.34 Å². The number of thiophene rings is 1. The molecule has 0 N–H and O–H groups in total. The summed E-state index contributed by atoms with van der Waals surface area (Å²) in [5, 5.41) is 1.37. The second-order valence-electron chi connectivity index (χ2n) is 2.84. The predicted molar refractivity (Wildman–Crippen MR) is 64.4 cm³/mol. The van der Waals surface area contributed by atoms with Crippen LogP contribution < -0.4 is 4.90 Å². The Kier molecular flexibility index (Phi) is 3.09. The number of aromatic nitrogens is 2. The molecule has 6 heteroatoms. The third-order valence-electron chi connectivity index (χ3n) is 1.83. The zero-order valence-corrected chi connectivity index (χ0v) is 10.1. The first-order chi connectivity index (χ1) is 7.16. The van der Waals surface area contributed by atoms with Gasteiger partial charge >= 0.3 is 0 Å². The highest BCUT2D eigenvalue weighted by molar-refractivity contribution is 7.20. The predicted octanol–water partition coefficient (Wildman–Crippen LogP) is 3.61. The highest BCUT2D eigenvalue weighted by Crippen LogP contribution is 2.32. The van der Waals surface area contributed by atoms with Crippen molar-refractivity contribution in [2.45, 2.75) is 0 Å². The van der Waals surface area contributed by atoms with Crippen molar-refractivity contribution in [1.29, 1.82) is 0 Å². The van der Waals surface area contributed by atoms with Gasteiger partial charge in [0.2, 0.25) is 0 Å². The minimum absolute atomic E-state index is 0.377. The van der Waals surface area contributed by atoms with Crippen LogP contribution in [0.4, 0.5) is 10.8 Å². The van der Waals surface area contributed by atoms with Gasteiger partial charge in [0.05, 0.1) is 21.7 Å². The molecule has 0 fully saturated rings. The molecule has 0 bridgehead atoms. The summed E-state index contributed by atoms with van der Waals surface area (Å²) >= 11 is 13.1. The fraction of sp³-hybridized carbons (Fsp3) is 0.111. The maximum absolute atomic E-state index is 5.85. The molecule has 0 aliphatic carbocycles. The van der Waals surface area contributed by atoms with Crippen molar-refractivity contribution in [1.82, 2.24) is 9.97 Å². The minimum atomic E-state index is 0.377. The van der Waals surface area contributed by atoms with Crippen LogP contribution in [0.3, 0.4) is 0 Å². The third kappa shape index (κ3) is 2.40. The third-order valence-corrected chi connectivity index (χ3v) is 3.32. The van der Waals surface area contributed by atoms with Crippen molar-refractivity contribution in [3.05, 3.63) is 34.0 Å². The van der Waals surface area contributed by atoms with Crippen LogP contribution in [0, 0.1) is 0 Å². The van der Waals surface area contributed by atoms with Crippen LogP contribution in [0.2, 0.25) is 9.49 Å². The highest BCUT2D eigenvalue weighted by Gasteiger charge is 2.08. The number of nitrogens with zero attached hydrogens (tertiary/aromatic N) is 3. The maximum Gasteiger partial charge on any atom is 0.153 e. The average molecular weight is 260 g/mol. The molecule has 0 saturated carbocycles. The SMILES string of the molecule is CN(c1cncc(Cl)n1)c1ccc(Cl)s1. The first-order valence-electron chi connectivity index (χ1n) is 4.13. The summed E-state index contributed by atoms with van der Waals surface area (Å²) in [6.45, 7) is 0. The molecule has 0 unspecified atom stereocenters. The molecule has 0 aromatic carbocycles. The Morgan fingerprint density at radius 3 is 2.67 bits per heavy atom. The first-order valence-corrected chi connectivity index (χ1v) is 5.70. The first kappa shape index (κ1) is 10.7. The van der Waals surface area contributed by atoms with Crippen molar-refractivity contribution in [2.75, 3.05) is 11.9 Å². The molecule has 0 aliphatic heterocycles. The fourth-order valence-electron chi connectivity index (χ4n) is 1.09. The quantitative estimate of drug-likeness (QED) is 0.825. The molecule has 3 nitrogen and oxygen atoms in total. The summed E-state index contributed by atoms with van der Waals surface area (Å²) < 4.78 is 0.742. The van der Waals surface area contributed by atoms with Crippen molar-refractivity contribution < 1.29 is 0 Å². The Morgan fingerprint density at radius 2 is 2.07 bits per heavy atom. The molecule has 78 valence electrons. The molecule has 2 aromatic rings. The molecule has 2 rings (SSSR count). The van der Waals surface area contributed by atoms with Crippen LogP contribution in [0.15, 0.2) is 24.5 Å². The van der Waals surface area contributed by atoms with E-state index in [4.69, 9.17) is 23.2 Å². The van der Waals surface area contributed by atoms with Crippen molar-refractivity contribution in [3.8, 4) is 0 Å². The van der Waals surface area contributed by atoms with Gasteiger partial charge in [0.1, 0.15) is 5.15 Å². The number of halogens is 2. The maximum atomic E-state index is 5.85. The van der Waals surface area contributed by atoms with E-state index in [-0.39, 0.29) is 0 Å². The van der Waals surface area contributed by atoms with Gasteiger partial charge in [-0.1, -0.05) is 23.2 Å². The topological polar surface area (TPSA) is 29.0 Å². The Morgan fingerprint density at radius 1 is 1.27 bits per heavy atom. The zero-order chi connectivity index (χ0) is 10.8. The number of hydrogen-bond acceptors (Lipinski definition) is 4. The molecule has 0 saturated heterocycles. The van der Waals surface area contributed by atoms with Crippen molar-refractivity contribution >= 4 is 45.4 Å². The minimum Gasteiger partial charge on any atom is -0.320 e. The summed E-state index contributed by atoms with van der Waals surface area (Å²) in [5.74, 6) is 0.695. The van der Waals surface area contributed by atoms with Crippen molar-refractivity contribution in [3.63, 3.8) is 0 Å². The summed E-state index contributed by atoms with van der Waals surface area (Å²) in [5.41, 5.74) is 0. The van der Waals surface area contributed by atoms with Gasteiger partial charge in [0.25, 0.3) is 0 Å². The standard InChI is InChI=1S/C9H7Cl2N3S/c1-14(9-3-2-7(11)15-9)8-5-12-4-6(10)13-8/h2-5H,1H3. The summed E-state index contributed by atoms with van der Waals surface area (Å²) in [6, 6.07) is 3.77.